The molecule has 0 aliphatic heterocycles. The second-order valence-corrected chi connectivity index (χ2v) is 4.62. The maximum Gasteiger partial charge on any atom is 0.315 e. The number of hydrogen-bond donors (Lipinski definition) is 2. The van der Waals surface area contributed by atoms with Gasteiger partial charge in [0, 0.05) is 12.6 Å². The van der Waals surface area contributed by atoms with Gasteiger partial charge in [0.1, 0.15) is 5.76 Å². The summed E-state index contributed by atoms with van der Waals surface area (Å²) in [5.74, 6) is 0.863. The fourth-order valence-corrected chi connectivity index (χ4v) is 1.67. The van der Waals surface area contributed by atoms with Gasteiger partial charge in [-0.15, -0.1) is 0 Å². The van der Waals surface area contributed by atoms with Gasteiger partial charge in [0.05, 0.1) is 12.3 Å². The first-order chi connectivity index (χ1) is 8.16. The van der Waals surface area contributed by atoms with Crippen LogP contribution in [0.4, 0.5) is 4.79 Å². The topological polar surface area (TPSA) is 57.5 Å². The van der Waals surface area contributed by atoms with Crippen LogP contribution in [0.3, 0.4) is 0 Å². The highest BCUT2D eigenvalue weighted by molar-refractivity contribution is 5.74. The van der Waals surface area contributed by atoms with Crippen molar-refractivity contribution in [2.45, 2.75) is 24.9 Å². The van der Waals surface area contributed by atoms with Crippen LogP contribution in [-0.4, -0.2) is 37.6 Å². The third-order valence-corrected chi connectivity index (χ3v) is 2.86. The van der Waals surface area contributed by atoms with Crippen LogP contribution in [0.1, 0.15) is 24.6 Å². The molecule has 0 aromatic carbocycles. The van der Waals surface area contributed by atoms with Gasteiger partial charge in [-0.25, -0.2) is 4.79 Å². The summed E-state index contributed by atoms with van der Waals surface area (Å²) in [4.78, 5) is 13.5. The predicted molar refractivity (Wildman–Crippen MR) is 64.7 cm³/mol. The van der Waals surface area contributed by atoms with E-state index < -0.39 is 0 Å². The van der Waals surface area contributed by atoms with E-state index in [1.165, 1.54) is 0 Å². The third-order valence-electron chi connectivity index (χ3n) is 2.86. The number of urea groups is 1. The number of likely N-dealkylation sites (N-methyl/N-ethyl adjacent to an activating group) is 1. The summed E-state index contributed by atoms with van der Waals surface area (Å²) >= 11 is 0. The lowest BCUT2D eigenvalue weighted by Gasteiger charge is -2.22. The molecule has 17 heavy (non-hydrogen) atoms. The van der Waals surface area contributed by atoms with Crippen molar-refractivity contribution < 1.29 is 9.21 Å². The van der Waals surface area contributed by atoms with Crippen molar-refractivity contribution >= 4 is 6.03 Å². The van der Waals surface area contributed by atoms with E-state index in [1.54, 1.807) is 6.26 Å². The van der Waals surface area contributed by atoms with Gasteiger partial charge in [-0.1, -0.05) is 0 Å². The van der Waals surface area contributed by atoms with Crippen molar-refractivity contribution in [2.75, 3.05) is 20.6 Å². The average Bonchev–Trinajstić information content (AvgIpc) is 2.92. The maximum atomic E-state index is 11.5. The van der Waals surface area contributed by atoms with Gasteiger partial charge < -0.3 is 15.1 Å². The second kappa shape index (κ2) is 5.23. The molecule has 94 valence electrons. The van der Waals surface area contributed by atoms with E-state index in [0.29, 0.717) is 12.6 Å². The van der Waals surface area contributed by atoms with E-state index in [4.69, 9.17) is 4.42 Å². The normalized spacial score (nSPS) is 16.9. The highest BCUT2D eigenvalue weighted by Crippen LogP contribution is 2.19. The Hall–Kier alpha value is -1.49. The fraction of sp³-hybridized carbons (Fsp3) is 0.583. The Bertz CT molecular complexity index is 358. The SMILES string of the molecule is CN(C)C(CNC(=O)NC1CC1)c1ccco1. The maximum absolute atomic E-state index is 11.5. The molecule has 2 amide bonds. The molecular formula is C12H19N3O2. The lowest BCUT2D eigenvalue weighted by molar-refractivity contribution is 0.225. The predicted octanol–water partition coefficient (Wildman–Crippen LogP) is 1.34. The lowest BCUT2D eigenvalue weighted by atomic mass is 10.2. The standard InChI is InChI=1S/C12H19N3O2/c1-15(2)10(11-4-3-7-17-11)8-13-12(16)14-9-5-6-9/h3-4,7,9-10H,5-6,8H2,1-2H3,(H2,13,14,16). The molecule has 0 bridgehead atoms. The minimum Gasteiger partial charge on any atom is -0.468 e. The number of hydrogen-bond acceptors (Lipinski definition) is 3. The van der Waals surface area contributed by atoms with Crippen molar-refractivity contribution in [1.82, 2.24) is 15.5 Å². The first kappa shape index (κ1) is 12.0. The van der Waals surface area contributed by atoms with Crippen LogP contribution in [0.25, 0.3) is 0 Å². The number of amides is 2. The largest absolute Gasteiger partial charge is 0.468 e. The smallest absolute Gasteiger partial charge is 0.315 e. The van der Waals surface area contributed by atoms with E-state index in [1.807, 2.05) is 31.1 Å². The fourth-order valence-electron chi connectivity index (χ4n) is 1.67. The van der Waals surface area contributed by atoms with Crippen molar-refractivity contribution in [3.8, 4) is 0 Å². The van der Waals surface area contributed by atoms with Crippen LogP contribution in [0.5, 0.6) is 0 Å². The molecule has 1 aliphatic rings. The Balaban J connectivity index is 1.83. The van der Waals surface area contributed by atoms with Crippen molar-refractivity contribution in [3.05, 3.63) is 24.2 Å². The first-order valence-electron chi connectivity index (χ1n) is 5.91. The molecule has 1 aromatic heterocycles. The number of furan rings is 1. The zero-order valence-corrected chi connectivity index (χ0v) is 10.3. The van der Waals surface area contributed by atoms with Gasteiger partial charge in [0.15, 0.2) is 0 Å². The summed E-state index contributed by atoms with van der Waals surface area (Å²) in [6, 6.07) is 4.14. The highest BCUT2D eigenvalue weighted by Gasteiger charge is 2.24. The molecule has 1 aliphatic carbocycles. The monoisotopic (exact) mass is 237 g/mol. The molecule has 1 unspecified atom stereocenters. The van der Waals surface area contributed by atoms with E-state index in [-0.39, 0.29) is 12.1 Å². The number of nitrogens with zero attached hydrogens (tertiary/aromatic N) is 1. The Morgan fingerprint density at radius 2 is 2.35 bits per heavy atom. The summed E-state index contributed by atoms with van der Waals surface area (Å²) in [5.41, 5.74) is 0. The summed E-state index contributed by atoms with van der Waals surface area (Å²) in [5, 5.41) is 5.77. The number of nitrogens with one attached hydrogen (secondary N) is 2. The van der Waals surface area contributed by atoms with E-state index in [0.717, 1.165) is 18.6 Å². The quantitative estimate of drug-likeness (QED) is 0.812. The molecule has 5 heteroatoms. The zero-order chi connectivity index (χ0) is 12.3. The minimum atomic E-state index is -0.0918. The summed E-state index contributed by atoms with van der Waals surface area (Å²) in [7, 11) is 3.93. The van der Waals surface area contributed by atoms with Crippen LogP contribution >= 0.6 is 0 Å². The van der Waals surface area contributed by atoms with E-state index >= 15 is 0 Å². The molecule has 0 spiro atoms. The van der Waals surface area contributed by atoms with Crippen molar-refractivity contribution in [3.63, 3.8) is 0 Å². The van der Waals surface area contributed by atoms with Crippen LogP contribution in [0.15, 0.2) is 22.8 Å². The Labute approximate surface area is 101 Å². The second-order valence-electron chi connectivity index (χ2n) is 4.62. The Morgan fingerprint density at radius 3 is 2.88 bits per heavy atom. The van der Waals surface area contributed by atoms with Crippen LogP contribution in [0.2, 0.25) is 0 Å². The molecule has 1 aromatic rings. The molecule has 1 saturated carbocycles. The van der Waals surface area contributed by atoms with Gasteiger partial charge in [-0.2, -0.15) is 0 Å². The molecule has 5 nitrogen and oxygen atoms in total. The molecular weight excluding hydrogens is 218 g/mol. The van der Waals surface area contributed by atoms with Gasteiger partial charge >= 0.3 is 6.03 Å². The number of rotatable bonds is 5. The van der Waals surface area contributed by atoms with Crippen molar-refractivity contribution in [1.29, 1.82) is 0 Å². The third kappa shape index (κ3) is 3.49. The van der Waals surface area contributed by atoms with Crippen LogP contribution < -0.4 is 10.6 Å². The van der Waals surface area contributed by atoms with Crippen molar-refractivity contribution in [2.24, 2.45) is 0 Å². The molecule has 1 heterocycles. The summed E-state index contributed by atoms with van der Waals surface area (Å²) in [6.07, 6.45) is 3.85. The van der Waals surface area contributed by atoms with Gasteiger partial charge in [-0.05, 0) is 39.1 Å². The first-order valence-corrected chi connectivity index (χ1v) is 5.91. The molecule has 0 radical (unpaired) electrons. The van der Waals surface area contributed by atoms with Crippen LogP contribution in [0, 0.1) is 0 Å². The van der Waals surface area contributed by atoms with E-state index in [2.05, 4.69) is 10.6 Å². The Morgan fingerprint density at radius 1 is 1.59 bits per heavy atom. The minimum absolute atomic E-state index is 0.0648. The summed E-state index contributed by atoms with van der Waals surface area (Å²) in [6.45, 7) is 0.541. The lowest BCUT2D eigenvalue weighted by Crippen LogP contribution is -2.41. The molecule has 2 rings (SSSR count). The molecule has 2 N–H and O–H groups in total. The molecule has 0 saturated heterocycles. The van der Waals surface area contributed by atoms with E-state index in [9.17, 15) is 4.79 Å². The van der Waals surface area contributed by atoms with Gasteiger partial charge in [0.2, 0.25) is 0 Å². The summed E-state index contributed by atoms with van der Waals surface area (Å²) < 4.78 is 5.37. The molecule has 1 fully saturated rings. The number of carbonyl (C=O) groups is 1. The Kier molecular flexibility index (Phi) is 3.68. The average molecular weight is 237 g/mol. The van der Waals surface area contributed by atoms with Gasteiger partial charge in [-0.3, -0.25) is 4.90 Å². The highest BCUT2D eigenvalue weighted by atomic mass is 16.3. The molecule has 1 atom stereocenters. The van der Waals surface area contributed by atoms with Gasteiger partial charge in [0.25, 0.3) is 0 Å². The number of carbonyl (C=O) groups excluding carboxylic acids is 1. The zero-order valence-electron chi connectivity index (χ0n) is 10.3. The van der Waals surface area contributed by atoms with Crippen LogP contribution in [-0.2, 0) is 0 Å².